The van der Waals surface area contributed by atoms with Crippen molar-refractivity contribution >= 4 is 17.2 Å². The molecule has 1 fully saturated rings. The van der Waals surface area contributed by atoms with Gasteiger partial charge in [-0.05, 0) is 29.1 Å². The molecule has 2 atom stereocenters. The van der Waals surface area contributed by atoms with Crippen LogP contribution >= 0.6 is 11.3 Å². The predicted molar refractivity (Wildman–Crippen MR) is 85.2 cm³/mol. The summed E-state index contributed by atoms with van der Waals surface area (Å²) in [6, 6.07) is 10.9. The first-order valence-electron chi connectivity index (χ1n) is 7.61. The van der Waals surface area contributed by atoms with Crippen LogP contribution < -0.4 is 10.2 Å². The Morgan fingerprint density at radius 3 is 2.86 bits per heavy atom. The number of quaternary nitrogens is 1. The number of benzene rings is 1. The summed E-state index contributed by atoms with van der Waals surface area (Å²) in [5.74, 6) is -0.196. The average molecular weight is 319 g/mol. The van der Waals surface area contributed by atoms with E-state index in [1.807, 2.05) is 0 Å². The van der Waals surface area contributed by atoms with Gasteiger partial charge in [0.05, 0.1) is 11.4 Å². The molecule has 1 aliphatic heterocycles. The van der Waals surface area contributed by atoms with Gasteiger partial charge in [-0.15, -0.1) is 11.3 Å². The van der Waals surface area contributed by atoms with Gasteiger partial charge in [-0.3, -0.25) is 4.79 Å². The van der Waals surface area contributed by atoms with Gasteiger partial charge >= 0.3 is 0 Å². The molecule has 3 nitrogen and oxygen atoms in total. The van der Waals surface area contributed by atoms with E-state index < -0.39 is 0 Å². The van der Waals surface area contributed by atoms with Crippen molar-refractivity contribution in [3.05, 3.63) is 58.0 Å². The van der Waals surface area contributed by atoms with Gasteiger partial charge in [0.1, 0.15) is 11.9 Å². The minimum absolute atomic E-state index is 0.0581. The number of likely N-dealkylation sites (tertiary alicyclic amines) is 1. The number of hydrogen-bond acceptors (Lipinski definition) is 2. The molecule has 1 unspecified atom stereocenters. The van der Waals surface area contributed by atoms with Crippen LogP contribution in [0.1, 0.15) is 29.3 Å². The van der Waals surface area contributed by atoms with Gasteiger partial charge in [0.25, 0.3) is 5.91 Å². The van der Waals surface area contributed by atoms with Crippen LogP contribution in [0.3, 0.4) is 0 Å². The van der Waals surface area contributed by atoms with Gasteiger partial charge in [-0.1, -0.05) is 18.2 Å². The van der Waals surface area contributed by atoms with Crippen LogP contribution in [0.15, 0.2) is 41.8 Å². The number of rotatable bonds is 5. The predicted octanol–water partition coefficient (Wildman–Crippen LogP) is 1.92. The van der Waals surface area contributed by atoms with E-state index in [2.05, 4.69) is 22.8 Å². The van der Waals surface area contributed by atoms with Crippen molar-refractivity contribution in [1.82, 2.24) is 5.32 Å². The van der Waals surface area contributed by atoms with Crippen molar-refractivity contribution < 1.29 is 14.1 Å². The van der Waals surface area contributed by atoms with Crippen LogP contribution in [-0.2, 0) is 11.3 Å². The van der Waals surface area contributed by atoms with Crippen molar-refractivity contribution in [2.75, 3.05) is 13.1 Å². The Labute approximate surface area is 133 Å². The maximum atomic E-state index is 12.8. The standard InChI is InChI=1S/C17H19FN2OS/c18-14-7-5-13(6-8-14)11-19-17(21)12-20-9-1-3-15(20)16-4-2-10-22-16/h2,4-8,10,15H,1,3,9,11-12H2,(H,19,21)/p+1/t15-/m1/s1. The summed E-state index contributed by atoms with van der Waals surface area (Å²) in [6.45, 7) is 2.01. The zero-order chi connectivity index (χ0) is 15.4. The summed E-state index contributed by atoms with van der Waals surface area (Å²) in [4.78, 5) is 14.9. The normalized spacial score (nSPS) is 21.0. The Morgan fingerprint density at radius 1 is 1.32 bits per heavy atom. The Balaban J connectivity index is 1.52. The van der Waals surface area contributed by atoms with Gasteiger partial charge < -0.3 is 10.2 Å². The van der Waals surface area contributed by atoms with Gasteiger partial charge in [0.15, 0.2) is 6.54 Å². The summed E-state index contributed by atoms with van der Waals surface area (Å²) >= 11 is 1.77. The maximum Gasteiger partial charge on any atom is 0.275 e. The van der Waals surface area contributed by atoms with Crippen molar-refractivity contribution in [1.29, 1.82) is 0 Å². The van der Waals surface area contributed by atoms with Gasteiger partial charge in [-0.25, -0.2) is 4.39 Å². The van der Waals surface area contributed by atoms with E-state index in [0.717, 1.165) is 18.5 Å². The molecule has 1 aromatic carbocycles. The quantitative estimate of drug-likeness (QED) is 0.867. The molecule has 2 N–H and O–H groups in total. The average Bonchev–Trinajstić information content (AvgIpc) is 3.17. The third kappa shape index (κ3) is 3.72. The van der Waals surface area contributed by atoms with Gasteiger partial charge in [-0.2, -0.15) is 0 Å². The van der Waals surface area contributed by atoms with E-state index in [1.165, 1.54) is 28.3 Å². The number of halogens is 1. The highest BCUT2D eigenvalue weighted by Crippen LogP contribution is 2.23. The van der Waals surface area contributed by atoms with Crippen molar-refractivity contribution in [3.63, 3.8) is 0 Å². The molecule has 22 heavy (non-hydrogen) atoms. The lowest BCUT2D eigenvalue weighted by Crippen LogP contribution is -3.11. The second-order valence-corrected chi connectivity index (χ2v) is 6.68. The van der Waals surface area contributed by atoms with Gasteiger partial charge in [0.2, 0.25) is 0 Å². The monoisotopic (exact) mass is 319 g/mol. The second-order valence-electron chi connectivity index (χ2n) is 5.70. The number of amides is 1. The Bertz CT molecular complexity index is 612. The van der Waals surface area contributed by atoms with E-state index >= 15 is 0 Å². The fourth-order valence-corrected chi connectivity index (χ4v) is 3.95. The molecule has 1 aromatic heterocycles. The van der Waals surface area contributed by atoms with E-state index in [9.17, 15) is 9.18 Å². The molecule has 1 amide bonds. The van der Waals surface area contributed by atoms with Crippen molar-refractivity contribution in [2.24, 2.45) is 0 Å². The molecule has 2 heterocycles. The lowest BCUT2D eigenvalue weighted by molar-refractivity contribution is -0.910. The molecular weight excluding hydrogens is 299 g/mol. The lowest BCUT2D eigenvalue weighted by Gasteiger charge is -2.20. The lowest BCUT2D eigenvalue weighted by atomic mass is 10.2. The summed E-state index contributed by atoms with van der Waals surface area (Å²) in [6.07, 6.45) is 2.32. The number of hydrogen-bond donors (Lipinski definition) is 2. The number of carbonyl (C=O) groups is 1. The minimum atomic E-state index is -0.254. The van der Waals surface area contributed by atoms with Crippen LogP contribution in [0.2, 0.25) is 0 Å². The third-order valence-corrected chi connectivity index (χ3v) is 5.15. The molecular formula is C17H20FN2OS+. The highest BCUT2D eigenvalue weighted by atomic mass is 32.1. The highest BCUT2D eigenvalue weighted by Gasteiger charge is 2.32. The number of carbonyl (C=O) groups excluding carboxylic acids is 1. The first-order valence-corrected chi connectivity index (χ1v) is 8.49. The first-order chi connectivity index (χ1) is 10.7. The van der Waals surface area contributed by atoms with Gasteiger partial charge in [0, 0.05) is 19.4 Å². The molecule has 0 aliphatic carbocycles. The molecule has 1 aliphatic rings. The summed E-state index contributed by atoms with van der Waals surface area (Å²) in [5, 5.41) is 5.03. The molecule has 0 saturated carbocycles. The zero-order valence-electron chi connectivity index (χ0n) is 12.3. The van der Waals surface area contributed by atoms with Crippen LogP contribution in [0, 0.1) is 5.82 Å². The maximum absolute atomic E-state index is 12.8. The summed E-state index contributed by atoms with van der Waals surface area (Å²) < 4.78 is 12.8. The van der Waals surface area contributed by atoms with E-state index in [-0.39, 0.29) is 11.7 Å². The van der Waals surface area contributed by atoms with Crippen LogP contribution in [0.5, 0.6) is 0 Å². The Hall–Kier alpha value is -1.72. The molecule has 116 valence electrons. The molecule has 0 radical (unpaired) electrons. The topological polar surface area (TPSA) is 33.5 Å². The van der Waals surface area contributed by atoms with Crippen molar-refractivity contribution in [3.8, 4) is 0 Å². The zero-order valence-corrected chi connectivity index (χ0v) is 13.2. The largest absolute Gasteiger partial charge is 0.347 e. The number of thiophene rings is 1. The fourth-order valence-electron chi connectivity index (χ4n) is 3.03. The Kier molecular flexibility index (Phi) is 4.85. The SMILES string of the molecule is O=C(C[NH+]1CCC[C@@H]1c1cccs1)NCc1ccc(F)cc1. The van der Waals surface area contributed by atoms with E-state index in [1.54, 1.807) is 23.5 Å². The van der Waals surface area contributed by atoms with Crippen LogP contribution in [0.25, 0.3) is 0 Å². The van der Waals surface area contributed by atoms with Crippen LogP contribution in [0.4, 0.5) is 4.39 Å². The second kappa shape index (κ2) is 7.03. The molecule has 3 rings (SSSR count). The number of nitrogens with one attached hydrogen (secondary N) is 2. The molecule has 2 aromatic rings. The smallest absolute Gasteiger partial charge is 0.275 e. The molecule has 1 saturated heterocycles. The Morgan fingerprint density at radius 2 is 2.14 bits per heavy atom. The van der Waals surface area contributed by atoms with Crippen LogP contribution in [-0.4, -0.2) is 19.0 Å². The summed E-state index contributed by atoms with van der Waals surface area (Å²) in [7, 11) is 0. The van der Waals surface area contributed by atoms with E-state index in [0.29, 0.717) is 19.1 Å². The first kappa shape index (κ1) is 15.2. The molecule has 0 bridgehead atoms. The third-order valence-electron chi connectivity index (χ3n) is 4.16. The minimum Gasteiger partial charge on any atom is -0.347 e. The molecule has 5 heteroatoms. The summed E-state index contributed by atoms with van der Waals surface area (Å²) in [5.41, 5.74) is 0.918. The van der Waals surface area contributed by atoms with E-state index in [4.69, 9.17) is 0 Å². The van der Waals surface area contributed by atoms with Crippen molar-refractivity contribution in [2.45, 2.75) is 25.4 Å². The fraction of sp³-hybridized carbons (Fsp3) is 0.353. The molecule has 0 spiro atoms. The highest BCUT2D eigenvalue weighted by molar-refractivity contribution is 7.10.